The first-order chi connectivity index (χ1) is 6.31. The maximum Gasteiger partial charge on any atom is 0.342 e. The quantitative estimate of drug-likeness (QED) is 0.288. The topological polar surface area (TPSA) is 46.5 Å². The van der Waals surface area contributed by atoms with E-state index in [0.717, 1.165) is 25.7 Å². The zero-order valence-corrected chi connectivity index (χ0v) is 8.16. The highest BCUT2D eigenvalue weighted by molar-refractivity contribution is 5.68. The van der Waals surface area contributed by atoms with Crippen molar-refractivity contribution in [1.29, 1.82) is 0 Å². The zero-order valence-electron chi connectivity index (χ0n) is 8.16. The molecule has 1 N–H and O–H groups in total. The lowest BCUT2D eigenvalue weighted by Gasteiger charge is -1.97. The van der Waals surface area contributed by atoms with Crippen molar-refractivity contribution in [3.63, 3.8) is 0 Å². The fraction of sp³-hybridized carbons (Fsp3) is 0.700. The van der Waals surface area contributed by atoms with Gasteiger partial charge in [-0.2, -0.15) is 5.26 Å². The van der Waals surface area contributed by atoms with E-state index in [4.69, 9.17) is 5.26 Å². The summed E-state index contributed by atoms with van der Waals surface area (Å²) in [7, 11) is 0. The van der Waals surface area contributed by atoms with Gasteiger partial charge in [-0.3, -0.25) is 0 Å². The van der Waals surface area contributed by atoms with Gasteiger partial charge in [0.25, 0.3) is 0 Å². The molecule has 0 amide bonds. The molecule has 0 atom stereocenters. The van der Waals surface area contributed by atoms with Crippen LogP contribution in [0.2, 0.25) is 0 Å². The standard InChI is InChI=1S/C10H18O3/c1-2-3-4-5-6-7-8-9-10(11)13-12/h2-3,12H,4-9H2,1H3/b3-2+. The Morgan fingerprint density at radius 3 is 2.62 bits per heavy atom. The first-order valence-corrected chi connectivity index (χ1v) is 4.76. The zero-order chi connectivity index (χ0) is 9.94. The van der Waals surface area contributed by atoms with Crippen LogP contribution >= 0.6 is 0 Å². The van der Waals surface area contributed by atoms with Gasteiger partial charge in [-0.1, -0.05) is 25.0 Å². The third-order valence-corrected chi connectivity index (χ3v) is 1.84. The highest BCUT2D eigenvalue weighted by Crippen LogP contribution is 2.06. The smallest absolute Gasteiger partial charge is 0.301 e. The molecule has 0 aliphatic carbocycles. The Labute approximate surface area is 79.3 Å². The van der Waals surface area contributed by atoms with Gasteiger partial charge in [-0.15, -0.1) is 0 Å². The molecular weight excluding hydrogens is 168 g/mol. The van der Waals surface area contributed by atoms with Crippen LogP contribution in [-0.2, 0) is 9.68 Å². The number of carbonyl (C=O) groups excluding carboxylic acids is 1. The van der Waals surface area contributed by atoms with Crippen LogP contribution in [0.1, 0.15) is 45.4 Å². The summed E-state index contributed by atoms with van der Waals surface area (Å²) in [5.41, 5.74) is 0. The first kappa shape index (κ1) is 12.2. The van der Waals surface area contributed by atoms with Crippen LogP contribution in [0, 0.1) is 0 Å². The monoisotopic (exact) mass is 186 g/mol. The van der Waals surface area contributed by atoms with Crippen molar-refractivity contribution in [2.45, 2.75) is 45.4 Å². The Balaban J connectivity index is 3.03. The third-order valence-electron chi connectivity index (χ3n) is 1.84. The van der Waals surface area contributed by atoms with Crippen LogP contribution in [-0.4, -0.2) is 11.2 Å². The SMILES string of the molecule is C/C=C/CCCCCCC(=O)OO. The van der Waals surface area contributed by atoms with Gasteiger partial charge in [0.15, 0.2) is 0 Å². The number of allylic oxidation sites excluding steroid dienone is 2. The van der Waals surface area contributed by atoms with Crippen LogP contribution in [0.4, 0.5) is 0 Å². The number of carbonyl (C=O) groups is 1. The van der Waals surface area contributed by atoms with Crippen molar-refractivity contribution in [3.8, 4) is 0 Å². The summed E-state index contributed by atoms with van der Waals surface area (Å²) in [6, 6.07) is 0. The molecule has 13 heavy (non-hydrogen) atoms. The molecule has 0 saturated carbocycles. The predicted molar refractivity (Wildman–Crippen MR) is 51.2 cm³/mol. The van der Waals surface area contributed by atoms with E-state index in [1.165, 1.54) is 6.42 Å². The van der Waals surface area contributed by atoms with Crippen molar-refractivity contribution < 1.29 is 14.9 Å². The molecule has 0 rings (SSSR count). The Hall–Kier alpha value is -0.830. The summed E-state index contributed by atoms with van der Waals surface area (Å²) in [5, 5.41) is 7.95. The molecule has 3 nitrogen and oxygen atoms in total. The summed E-state index contributed by atoms with van der Waals surface area (Å²) < 4.78 is 0. The molecule has 0 spiro atoms. The summed E-state index contributed by atoms with van der Waals surface area (Å²) in [6.07, 6.45) is 9.73. The largest absolute Gasteiger partial charge is 0.342 e. The lowest BCUT2D eigenvalue weighted by molar-refractivity contribution is -0.234. The molecule has 0 aliphatic heterocycles. The first-order valence-electron chi connectivity index (χ1n) is 4.76. The summed E-state index contributed by atoms with van der Waals surface area (Å²) in [4.78, 5) is 14.0. The predicted octanol–water partition coefficient (Wildman–Crippen LogP) is 2.92. The van der Waals surface area contributed by atoms with E-state index in [1.807, 2.05) is 13.0 Å². The molecule has 0 aromatic heterocycles. The van der Waals surface area contributed by atoms with E-state index in [-0.39, 0.29) is 0 Å². The van der Waals surface area contributed by atoms with E-state index in [2.05, 4.69) is 11.0 Å². The minimum atomic E-state index is -0.534. The second-order valence-corrected chi connectivity index (χ2v) is 2.99. The van der Waals surface area contributed by atoms with Crippen LogP contribution in [0.25, 0.3) is 0 Å². The van der Waals surface area contributed by atoms with Crippen molar-refractivity contribution in [1.82, 2.24) is 0 Å². The van der Waals surface area contributed by atoms with E-state index in [1.54, 1.807) is 0 Å². The van der Waals surface area contributed by atoms with Gasteiger partial charge >= 0.3 is 5.97 Å². The van der Waals surface area contributed by atoms with Gasteiger partial charge in [0, 0.05) is 6.42 Å². The molecule has 0 radical (unpaired) electrons. The summed E-state index contributed by atoms with van der Waals surface area (Å²) >= 11 is 0. The van der Waals surface area contributed by atoms with E-state index >= 15 is 0 Å². The molecule has 0 aliphatic rings. The second kappa shape index (κ2) is 9.26. The van der Waals surface area contributed by atoms with Crippen molar-refractivity contribution >= 4 is 5.97 Å². The molecular formula is C10H18O3. The molecule has 0 aromatic carbocycles. The van der Waals surface area contributed by atoms with Crippen molar-refractivity contribution in [3.05, 3.63) is 12.2 Å². The molecule has 0 bridgehead atoms. The van der Waals surface area contributed by atoms with Gasteiger partial charge in [-0.25, -0.2) is 4.79 Å². The molecule has 0 unspecified atom stereocenters. The van der Waals surface area contributed by atoms with Gasteiger partial charge in [0.2, 0.25) is 0 Å². The Morgan fingerprint density at radius 1 is 1.31 bits per heavy atom. The van der Waals surface area contributed by atoms with Crippen LogP contribution in [0.3, 0.4) is 0 Å². The van der Waals surface area contributed by atoms with Gasteiger partial charge in [0.05, 0.1) is 0 Å². The molecule has 76 valence electrons. The van der Waals surface area contributed by atoms with Crippen LogP contribution < -0.4 is 0 Å². The highest BCUT2D eigenvalue weighted by atomic mass is 17.1. The van der Waals surface area contributed by atoms with Gasteiger partial charge < -0.3 is 4.89 Å². The molecule has 0 fully saturated rings. The van der Waals surface area contributed by atoms with Crippen LogP contribution in [0.5, 0.6) is 0 Å². The van der Waals surface area contributed by atoms with Gasteiger partial charge in [-0.05, 0) is 26.2 Å². The van der Waals surface area contributed by atoms with Gasteiger partial charge in [0.1, 0.15) is 0 Å². The normalized spacial score (nSPS) is 10.6. The Kier molecular flexibility index (Phi) is 8.67. The Morgan fingerprint density at radius 2 is 2.00 bits per heavy atom. The number of hydrogen-bond donors (Lipinski definition) is 1. The van der Waals surface area contributed by atoms with Crippen molar-refractivity contribution in [2.75, 3.05) is 0 Å². The van der Waals surface area contributed by atoms with Crippen LogP contribution in [0.15, 0.2) is 12.2 Å². The lowest BCUT2D eigenvalue weighted by Crippen LogP contribution is -1.99. The molecule has 3 heteroatoms. The average molecular weight is 186 g/mol. The number of unbranched alkanes of at least 4 members (excludes halogenated alkanes) is 4. The minimum absolute atomic E-state index is 0.320. The lowest BCUT2D eigenvalue weighted by atomic mass is 10.1. The van der Waals surface area contributed by atoms with Crippen molar-refractivity contribution in [2.24, 2.45) is 0 Å². The van der Waals surface area contributed by atoms with E-state index < -0.39 is 5.97 Å². The fourth-order valence-corrected chi connectivity index (χ4v) is 1.10. The number of hydrogen-bond acceptors (Lipinski definition) is 3. The highest BCUT2D eigenvalue weighted by Gasteiger charge is 1.99. The molecule has 0 saturated heterocycles. The molecule has 0 aromatic rings. The fourth-order valence-electron chi connectivity index (χ4n) is 1.10. The van der Waals surface area contributed by atoms with E-state index in [9.17, 15) is 4.79 Å². The summed E-state index contributed by atoms with van der Waals surface area (Å²) in [6.45, 7) is 2.01. The minimum Gasteiger partial charge on any atom is -0.301 e. The maximum absolute atomic E-state index is 10.5. The molecule has 0 heterocycles. The summed E-state index contributed by atoms with van der Waals surface area (Å²) in [5.74, 6) is -0.534. The second-order valence-electron chi connectivity index (χ2n) is 2.99. The maximum atomic E-state index is 10.5. The third kappa shape index (κ3) is 9.08. The van der Waals surface area contributed by atoms with E-state index in [0.29, 0.717) is 6.42 Å². The average Bonchev–Trinajstić information content (AvgIpc) is 2.16. The Bertz CT molecular complexity index is 152. The number of rotatable bonds is 7.